The first kappa shape index (κ1) is 9.06. The summed E-state index contributed by atoms with van der Waals surface area (Å²) in [6.07, 6.45) is 4.37. The number of allylic oxidation sites excluding steroid dienone is 1. The van der Waals surface area contributed by atoms with Crippen molar-refractivity contribution >= 4 is 0 Å². The molecule has 2 nitrogen and oxygen atoms in total. The van der Waals surface area contributed by atoms with Crippen LogP contribution in [0.1, 0.15) is 17.9 Å². The number of phenolic OH excluding ortho intramolecular Hbond substituents is 1. The third-order valence-corrected chi connectivity index (χ3v) is 2.34. The van der Waals surface area contributed by atoms with Crippen molar-refractivity contribution in [2.45, 2.75) is 12.3 Å². The van der Waals surface area contributed by atoms with E-state index < -0.39 is 5.82 Å². The number of ether oxygens (including phenoxy) is 1. The fraction of sp³-hybridized carbons (Fsp3) is 0.273. The average Bonchev–Trinajstić information content (AvgIpc) is 2.19. The van der Waals surface area contributed by atoms with Crippen LogP contribution >= 0.6 is 0 Å². The van der Waals surface area contributed by atoms with Crippen LogP contribution in [0.5, 0.6) is 5.75 Å². The summed E-state index contributed by atoms with van der Waals surface area (Å²) in [5.74, 6) is -0.284. The Hall–Kier alpha value is -1.51. The highest BCUT2D eigenvalue weighted by Crippen LogP contribution is 2.30. The molecule has 0 saturated heterocycles. The van der Waals surface area contributed by atoms with E-state index in [0.717, 1.165) is 18.1 Å². The quantitative estimate of drug-likeness (QED) is 0.744. The number of rotatable bonds is 1. The summed E-state index contributed by atoms with van der Waals surface area (Å²) in [4.78, 5) is 0. The molecule has 14 heavy (non-hydrogen) atoms. The molecule has 1 aromatic carbocycles. The van der Waals surface area contributed by atoms with Gasteiger partial charge in [0.2, 0.25) is 0 Å². The van der Waals surface area contributed by atoms with Crippen LogP contribution in [0.3, 0.4) is 0 Å². The van der Waals surface area contributed by atoms with Crippen LogP contribution in [0, 0.1) is 5.82 Å². The Labute approximate surface area is 81.6 Å². The van der Waals surface area contributed by atoms with Crippen molar-refractivity contribution in [3.05, 3.63) is 41.9 Å². The summed E-state index contributed by atoms with van der Waals surface area (Å²) in [6.45, 7) is 0.537. The summed E-state index contributed by atoms with van der Waals surface area (Å²) >= 11 is 0. The van der Waals surface area contributed by atoms with Gasteiger partial charge in [-0.05, 0) is 18.6 Å². The largest absolute Gasteiger partial charge is 0.508 e. The second kappa shape index (κ2) is 3.70. The van der Waals surface area contributed by atoms with E-state index in [0.29, 0.717) is 6.61 Å². The average molecular weight is 194 g/mol. The van der Waals surface area contributed by atoms with Crippen molar-refractivity contribution in [3.8, 4) is 5.75 Å². The van der Waals surface area contributed by atoms with Gasteiger partial charge in [0.25, 0.3) is 0 Å². The van der Waals surface area contributed by atoms with Gasteiger partial charge in [0.05, 0.1) is 12.9 Å². The molecular formula is C11H11FO2. The van der Waals surface area contributed by atoms with E-state index in [1.165, 1.54) is 6.07 Å². The fourth-order valence-corrected chi connectivity index (χ4v) is 1.61. The van der Waals surface area contributed by atoms with Crippen molar-refractivity contribution in [1.82, 2.24) is 0 Å². The summed E-state index contributed by atoms with van der Waals surface area (Å²) in [5.41, 5.74) is 0.746. The molecule has 0 amide bonds. The second-order valence-corrected chi connectivity index (χ2v) is 3.34. The molecule has 0 aromatic heterocycles. The molecule has 0 bridgehead atoms. The van der Waals surface area contributed by atoms with Gasteiger partial charge in [-0.2, -0.15) is 0 Å². The predicted molar refractivity (Wildman–Crippen MR) is 50.5 cm³/mol. The van der Waals surface area contributed by atoms with Crippen molar-refractivity contribution in [2.24, 2.45) is 0 Å². The van der Waals surface area contributed by atoms with Crippen molar-refractivity contribution in [3.63, 3.8) is 0 Å². The number of halogens is 1. The molecule has 1 N–H and O–H groups in total. The van der Waals surface area contributed by atoms with E-state index in [1.54, 1.807) is 12.3 Å². The van der Waals surface area contributed by atoms with E-state index >= 15 is 0 Å². The Bertz CT molecular complexity index is 360. The molecule has 0 radical (unpaired) electrons. The molecule has 1 aromatic rings. The molecule has 0 saturated carbocycles. The molecule has 74 valence electrons. The first-order chi connectivity index (χ1) is 6.77. The molecule has 0 fully saturated rings. The number of phenols is 1. The van der Waals surface area contributed by atoms with Gasteiger partial charge in [0.1, 0.15) is 11.6 Å². The first-order valence-corrected chi connectivity index (χ1v) is 4.52. The molecule has 2 rings (SSSR count). The maximum absolute atomic E-state index is 12.7. The zero-order valence-electron chi connectivity index (χ0n) is 7.61. The number of hydrogen-bond acceptors (Lipinski definition) is 2. The SMILES string of the molecule is Oc1cc(F)ccc1C1CC=COC1. The van der Waals surface area contributed by atoms with Crippen LogP contribution in [-0.2, 0) is 4.74 Å². The van der Waals surface area contributed by atoms with Gasteiger partial charge >= 0.3 is 0 Å². The number of benzene rings is 1. The van der Waals surface area contributed by atoms with Crippen molar-refractivity contribution in [1.29, 1.82) is 0 Å². The lowest BCUT2D eigenvalue weighted by Gasteiger charge is -2.19. The van der Waals surface area contributed by atoms with Gasteiger partial charge in [-0.3, -0.25) is 0 Å². The highest BCUT2D eigenvalue weighted by atomic mass is 19.1. The standard InChI is InChI=1S/C11H11FO2/c12-9-3-4-10(11(13)6-9)8-2-1-5-14-7-8/h1,3-6,8,13H,2,7H2. The van der Waals surface area contributed by atoms with Crippen LogP contribution in [0.15, 0.2) is 30.5 Å². The molecule has 1 heterocycles. The molecule has 0 spiro atoms. The molecule has 1 unspecified atom stereocenters. The topological polar surface area (TPSA) is 29.5 Å². The van der Waals surface area contributed by atoms with Gasteiger partial charge in [-0.1, -0.05) is 6.07 Å². The van der Waals surface area contributed by atoms with Gasteiger partial charge in [-0.15, -0.1) is 0 Å². The third-order valence-electron chi connectivity index (χ3n) is 2.34. The molecule has 0 aliphatic carbocycles. The zero-order chi connectivity index (χ0) is 9.97. The fourth-order valence-electron chi connectivity index (χ4n) is 1.61. The lowest BCUT2D eigenvalue weighted by molar-refractivity contribution is 0.208. The van der Waals surface area contributed by atoms with Crippen LogP contribution in [0.2, 0.25) is 0 Å². The minimum atomic E-state index is -0.418. The Morgan fingerprint density at radius 2 is 2.29 bits per heavy atom. The van der Waals surface area contributed by atoms with E-state index in [2.05, 4.69) is 0 Å². The Morgan fingerprint density at radius 3 is 2.93 bits per heavy atom. The van der Waals surface area contributed by atoms with Crippen LogP contribution < -0.4 is 0 Å². The maximum atomic E-state index is 12.7. The highest BCUT2D eigenvalue weighted by Gasteiger charge is 2.17. The smallest absolute Gasteiger partial charge is 0.126 e. The third kappa shape index (κ3) is 1.71. The van der Waals surface area contributed by atoms with Crippen molar-refractivity contribution in [2.75, 3.05) is 6.61 Å². The van der Waals surface area contributed by atoms with Gasteiger partial charge in [0.15, 0.2) is 0 Å². The van der Waals surface area contributed by atoms with Crippen LogP contribution in [0.4, 0.5) is 4.39 Å². The number of aromatic hydroxyl groups is 1. The minimum absolute atomic E-state index is 0.00824. The monoisotopic (exact) mass is 194 g/mol. The first-order valence-electron chi connectivity index (χ1n) is 4.52. The van der Waals surface area contributed by atoms with E-state index in [4.69, 9.17) is 4.74 Å². The predicted octanol–water partition coefficient (Wildman–Crippen LogP) is 2.55. The maximum Gasteiger partial charge on any atom is 0.126 e. The van der Waals surface area contributed by atoms with E-state index in [-0.39, 0.29) is 11.7 Å². The molecular weight excluding hydrogens is 183 g/mol. The molecule has 1 aliphatic heterocycles. The summed E-state index contributed by atoms with van der Waals surface area (Å²) in [5, 5.41) is 9.52. The number of hydrogen-bond donors (Lipinski definition) is 1. The Morgan fingerprint density at radius 1 is 1.43 bits per heavy atom. The van der Waals surface area contributed by atoms with Crippen LogP contribution in [0.25, 0.3) is 0 Å². The molecule has 3 heteroatoms. The lowest BCUT2D eigenvalue weighted by atomic mass is 9.95. The minimum Gasteiger partial charge on any atom is -0.508 e. The Balaban J connectivity index is 2.27. The van der Waals surface area contributed by atoms with Crippen LogP contribution in [-0.4, -0.2) is 11.7 Å². The Kier molecular flexibility index (Phi) is 2.39. The van der Waals surface area contributed by atoms with Gasteiger partial charge in [-0.25, -0.2) is 4.39 Å². The summed E-state index contributed by atoms with van der Waals surface area (Å²) in [7, 11) is 0. The summed E-state index contributed by atoms with van der Waals surface area (Å²) < 4.78 is 17.8. The van der Waals surface area contributed by atoms with Gasteiger partial charge < -0.3 is 9.84 Å². The van der Waals surface area contributed by atoms with Crippen molar-refractivity contribution < 1.29 is 14.2 Å². The lowest BCUT2D eigenvalue weighted by Crippen LogP contribution is -2.08. The summed E-state index contributed by atoms with van der Waals surface area (Å²) in [6, 6.07) is 4.10. The zero-order valence-corrected chi connectivity index (χ0v) is 7.61. The van der Waals surface area contributed by atoms with E-state index in [9.17, 15) is 9.50 Å². The normalized spacial score (nSPS) is 20.5. The highest BCUT2D eigenvalue weighted by molar-refractivity contribution is 5.36. The second-order valence-electron chi connectivity index (χ2n) is 3.34. The van der Waals surface area contributed by atoms with E-state index in [1.807, 2.05) is 6.08 Å². The molecule has 1 atom stereocenters. The van der Waals surface area contributed by atoms with Gasteiger partial charge in [0, 0.05) is 17.5 Å². The molecule has 1 aliphatic rings.